The van der Waals surface area contributed by atoms with Crippen molar-refractivity contribution in [2.45, 2.75) is 13.3 Å². The lowest BCUT2D eigenvalue weighted by atomic mass is 10.4. The highest BCUT2D eigenvalue weighted by molar-refractivity contribution is 9.10. The largest absolute Gasteiger partial charge is 0.309 e. The molecule has 1 rings (SSSR count). The van der Waals surface area contributed by atoms with Crippen molar-refractivity contribution in [3.8, 4) is 0 Å². The third-order valence-electron chi connectivity index (χ3n) is 1.19. The van der Waals surface area contributed by atoms with Gasteiger partial charge >= 0.3 is 0 Å². The van der Waals surface area contributed by atoms with Gasteiger partial charge in [-0.05, 0) is 15.9 Å². The van der Waals surface area contributed by atoms with Gasteiger partial charge in [0.25, 0.3) is 0 Å². The van der Waals surface area contributed by atoms with Crippen molar-refractivity contribution in [2.24, 2.45) is 0 Å². The van der Waals surface area contributed by atoms with E-state index in [9.17, 15) is 4.79 Å². The van der Waals surface area contributed by atoms with Gasteiger partial charge in [0.05, 0.1) is 12.4 Å². The van der Waals surface area contributed by atoms with E-state index in [-0.39, 0.29) is 5.91 Å². The smallest absolute Gasteiger partial charge is 0.225 e. The summed E-state index contributed by atoms with van der Waals surface area (Å²) in [7, 11) is 0. The van der Waals surface area contributed by atoms with Crippen LogP contribution in [0.3, 0.4) is 0 Å². The minimum absolute atomic E-state index is 0.0672. The molecule has 1 aromatic rings. The van der Waals surface area contributed by atoms with Crippen molar-refractivity contribution in [2.75, 3.05) is 5.32 Å². The second-order valence-electron chi connectivity index (χ2n) is 2.13. The van der Waals surface area contributed by atoms with Crippen LogP contribution in [0.1, 0.15) is 13.3 Å². The summed E-state index contributed by atoms with van der Waals surface area (Å²) < 4.78 is 0.608. The van der Waals surface area contributed by atoms with Crippen LogP contribution < -0.4 is 5.32 Å². The first-order valence-corrected chi connectivity index (χ1v) is 4.29. The van der Waals surface area contributed by atoms with E-state index < -0.39 is 0 Å². The lowest BCUT2D eigenvalue weighted by Crippen LogP contribution is -2.10. The third kappa shape index (κ3) is 2.58. The molecule has 0 aliphatic carbocycles. The molecule has 12 heavy (non-hydrogen) atoms. The maximum absolute atomic E-state index is 10.9. The zero-order valence-corrected chi connectivity index (χ0v) is 8.13. The van der Waals surface area contributed by atoms with Crippen molar-refractivity contribution in [1.82, 2.24) is 9.97 Å². The maximum atomic E-state index is 10.9. The number of nitrogens with one attached hydrogen (secondary N) is 1. The molecule has 0 aliphatic heterocycles. The monoisotopic (exact) mass is 229 g/mol. The third-order valence-corrected chi connectivity index (χ3v) is 1.58. The Labute approximate surface area is 78.5 Å². The van der Waals surface area contributed by atoms with E-state index in [0.717, 1.165) is 0 Å². The summed E-state index contributed by atoms with van der Waals surface area (Å²) in [4.78, 5) is 18.7. The molecular formula is C7H8BrN3O. The van der Waals surface area contributed by atoms with Crippen LogP contribution in [0.25, 0.3) is 0 Å². The Morgan fingerprint density at radius 1 is 1.67 bits per heavy atom. The fourth-order valence-electron chi connectivity index (χ4n) is 0.634. The molecule has 0 radical (unpaired) electrons. The van der Waals surface area contributed by atoms with E-state index in [1.165, 1.54) is 6.20 Å². The molecule has 0 saturated carbocycles. The van der Waals surface area contributed by atoms with Crippen LogP contribution in [0.5, 0.6) is 0 Å². The lowest BCUT2D eigenvalue weighted by Gasteiger charge is -2.00. The van der Waals surface area contributed by atoms with E-state index in [0.29, 0.717) is 16.8 Å². The molecule has 0 aromatic carbocycles. The van der Waals surface area contributed by atoms with Gasteiger partial charge in [0, 0.05) is 6.42 Å². The quantitative estimate of drug-likeness (QED) is 0.839. The van der Waals surface area contributed by atoms with Crippen molar-refractivity contribution in [3.05, 3.63) is 17.0 Å². The van der Waals surface area contributed by atoms with Crippen molar-refractivity contribution < 1.29 is 4.79 Å². The lowest BCUT2D eigenvalue weighted by molar-refractivity contribution is -0.115. The average Bonchev–Trinajstić information content (AvgIpc) is 2.04. The van der Waals surface area contributed by atoms with Gasteiger partial charge in [-0.15, -0.1) is 0 Å². The van der Waals surface area contributed by atoms with E-state index in [4.69, 9.17) is 0 Å². The molecular weight excluding hydrogens is 222 g/mol. The maximum Gasteiger partial charge on any atom is 0.225 e. The number of carbonyl (C=O) groups is 1. The minimum Gasteiger partial charge on any atom is -0.309 e. The van der Waals surface area contributed by atoms with Gasteiger partial charge < -0.3 is 5.32 Å². The number of halogens is 1. The molecule has 64 valence electrons. The normalized spacial score (nSPS) is 9.50. The van der Waals surface area contributed by atoms with Crippen LogP contribution in [0, 0.1) is 0 Å². The molecule has 0 spiro atoms. The summed E-state index contributed by atoms with van der Waals surface area (Å²) in [6.07, 6.45) is 3.49. The van der Waals surface area contributed by atoms with Crippen molar-refractivity contribution in [3.63, 3.8) is 0 Å². The zero-order chi connectivity index (χ0) is 8.97. The molecule has 4 nitrogen and oxygen atoms in total. The van der Waals surface area contributed by atoms with Crippen LogP contribution in [-0.2, 0) is 4.79 Å². The second-order valence-corrected chi connectivity index (χ2v) is 2.94. The molecule has 0 unspecified atom stereocenters. The van der Waals surface area contributed by atoms with Gasteiger partial charge in [0.15, 0.2) is 5.82 Å². The van der Waals surface area contributed by atoms with Gasteiger partial charge in [0.1, 0.15) is 4.60 Å². The minimum atomic E-state index is -0.0672. The molecule has 0 atom stereocenters. The molecule has 5 heteroatoms. The summed E-state index contributed by atoms with van der Waals surface area (Å²) in [5.41, 5.74) is 0. The predicted octanol–water partition coefficient (Wildman–Crippen LogP) is 1.59. The van der Waals surface area contributed by atoms with Gasteiger partial charge in [-0.2, -0.15) is 0 Å². The van der Waals surface area contributed by atoms with E-state index in [1.54, 1.807) is 13.1 Å². The number of anilines is 1. The van der Waals surface area contributed by atoms with Gasteiger partial charge in [-0.1, -0.05) is 6.92 Å². The number of hydrogen-bond acceptors (Lipinski definition) is 3. The van der Waals surface area contributed by atoms with E-state index in [2.05, 4.69) is 31.2 Å². The van der Waals surface area contributed by atoms with E-state index >= 15 is 0 Å². The Morgan fingerprint density at radius 3 is 3.00 bits per heavy atom. The topological polar surface area (TPSA) is 54.9 Å². The number of amides is 1. The summed E-state index contributed by atoms with van der Waals surface area (Å²) in [6.45, 7) is 1.78. The number of carbonyl (C=O) groups excluding carboxylic acids is 1. The Morgan fingerprint density at radius 2 is 2.42 bits per heavy atom. The number of aromatic nitrogens is 2. The van der Waals surface area contributed by atoms with Crippen LogP contribution >= 0.6 is 15.9 Å². The number of hydrogen-bond donors (Lipinski definition) is 1. The standard InChI is InChI=1S/C7H8BrN3O/c1-2-7(12)11-6-4-9-3-5(8)10-6/h3-4H,2H2,1H3,(H,10,11,12). The predicted molar refractivity (Wildman–Crippen MR) is 48.7 cm³/mol. The average molecular weight is 230 g/mol. The van der Waals surface area contributed by atoms with E-state index in [1.807, 2.05) is 0 Å². The summed E-state index contributed by atoms with van der Waals surface area (Å²) >= 11 is 3.15. The Hall–Kier alpha value is -0.970. The molecule has 0 aliphatic rings. The highest BCUT2D eigenvalue weighted by Crippen LogP contribution is 2.07. The first-order valence-electron chi connectivity index (χ1n) is 3.49. The molecule has 0 fully saturated rings. The van der Waals surface area contributed by atoms with Crippen LogP contribution in [0.15, 0.2) is 17.0 Å². The fraction of sp³-hybridized carbons (Fsp3) is 0.286. The molecule has 1 N–H and O–H groups in total. The first-order chi connectivity index (χ1) is 5.72. The van der Waals surface area contributed by atoms with Gasteiger partial charge in [0.2, 0.25) is 5.91 Å². The first kappa shape index (κ1) is 9.12. The Bertz CT molecular complexity index is 290. The highest BCUT2D eigenvalue weighted by Gasteiger charge is 1.99. The molecule has 0 bridgehead atoms. The molecule has 1 amide bonds. The Balaban J connectivity index is 2.69. The summed E-state index contributed by atoms with van der Waals surface area (Å²) in [5, 5.41) is 2.59. The molecule has 0 saturated heterocycles. The van der Waals surface area contributed by atoms with Crippen molar-refractivity contribution >= 4 is 27.7 Å². The SMILES string of the molecule is CCC(=O)Nc1cncc(Br)n1. The highest BCUT2D eigenvalue weighted by atomic mass is 79.9. The van der Waals surface area contributed by atoms with Crippen LogP contribution in [-0.4, -0.2) is 15.9 Å². The fourth-order valence-corrected chi connectivity index (χ4v) is 0.943. The molecule has 1 heterocycles. The second kappa shape index (κ2) is 4.15. The van der Waals surface area contributed by atoms with Crippen LogP contribution in [0.4, 0.5) is 5.82 Å². The Kier molecular flexibility index (Phi) is 3.16. The van der Waals surface area contributed by atoms with Gasteiger partial charge in [-0.3, -0.25) is 9.78 Å². The zero-order valence-electron chi connectivity index (χ0n) is 6.54. The number of nitrogens with zero attached hydrogens (tertiary/aromatic N) is 2. The number of rotatable bonds is 2. The van der Waals surface area contributed by atoms with Crippen molar-refractivity contribution in [1.29, 1.82) is 0 Å². The van der Waals surface area contributed by atoms with Gasteiger partial charge in [-0.25, -0.2) is 4.98 Å². The summed E-state index contributed by atoms with van der Waals surface area (Å²) in [5.74, 6) is 0.402. The molecule has 1 aromatic heterocycles. The van der Waals surface area contributed by atoms with Crippen LogP contribution in [0.2, 0.25) is 0 Å². The summed E-state index contributed by atoms with van der Waals surface area (Å²) in [6, 6.07) is 0.